The van der Waals surface area contributed by atoms with Gasteiger partial charge in [0.2, 0.25) is 5.91 Å². The van der Waals surface area contributed by atoms with Gasteiger partial charge >= 0.3 is 0 Å². The van der Waals surface area contributed by atoms with Crippen LogP contribution in [0.1, 0.15) is 53.6 Å². The average molecular weight is 459 g/mol. The Kier molecular flexibility index (Phi) is 7.45. The summed E-state index contributed by atoms with van der Waals surface area (Å²) in [5.41, 5.74) is 1.51. The molecule has 8 nitrogen and oxygen atoms in total. The number of hydrogen-bond donors (Lipinski definition) is 2. The van der Waals surface area contributed by atoms with Crippen LogP contribution in [0.25, 0.3) is 0 Å². The molecule has 10 heteroatoms. The van der Waals surface area contributed by atoms with E-state index in [2.05, 4.69) is 25.8 Å². The molecular formula is C21H26N6O2S2. The highest BCUT2D eigenvalue weighted by molar-refractivity contribution is 8.00. The van der Waals surface area contributed by atoms with Crippen LogP contribution in [0.4, 0.5) is 5.13 Å². The second-order valence-corrected chi connectivity index (χ2v) is 9.57. The lowest BCUT2D eigenvalue weighted by atomic mass is 10.2. The summed E-state index contributed by atoms with van der Waals surface area (Å²) in [4.78, 5) is 30.5. The van der Waals surface area contributed by atoms with Gasteiger partial charge < -0.3 is 15.2 Å². The van der Waals surface area contributed by atoms with Gasteiger partial charge in [0.1, 0.15) is 0 Å². The van der Waals surface area contributed by atoms with Crippen LogP contribution < -0.4 is 10.6 Å². The van der Waals surface area contributed by atoms with Gasteiger partial charge in [-0.15, -0.1) is 21.5 Å². The zero-order chi connectivity index (χ0) is 22.5. The molecule has 0 radical (unpaired) electrons. The quantitative estimate of drug-likeness (QED) is 0.495. The van der Waals surface area contributed by atoms with Crippen molar-refractivity contribution in [3.8, 4) is 0 Å². The Morgan fingerprint density at radius 3 is 2.48 bits per heavy atom. The van der Waals surface area contributed by atoms with Crippen LogP contribution in [0, 0.1) is 13.8 Å². The Morgan fingerprint density at radius 2 is 1.87 bits per heavy atom. The highest BCUT2D eigenvalue weighted by Crippen LogP contribution is 2.27. The van der Waals surface area contributed by atoms with E-state index in [9.17, 15) is 9.59 Å². The number of aryl methyl sites for hydroxylation is 2. The maximum absolute atomic E-state index is 12.6. The minimum absolute atomic E-state index is 0.142. The van der Waals surface area contributed by atoms with E-state index in [1.54, 1.807) is 12.1 Å². The number of aromatic nitrogens is 4. The lowest BCUT2D eigenvalue weighted by Crippen LogP contribution is -2.28. The van der Waals surface area contributed by atoms with Crippen molar-refractivity contribution < 1.29 is 9.59 Å². The van der Waals surface area contributed by atoms with Crippen LogP contribution in [0.3, 0.4) is 0 Å². The van der Waals surface area contributed by atoms with Gasteiger partial charge in [-0.3, -0.25) is 9.59 Å². The third-order valence-electron chi connectivity index (χ3n) is 4.74. The van der Waals surface area contributed by atoms with E-state index in [4.69, 9.17) is 0 Å². The largest absolute Gasteiger partial charge is 0.342 e. The Bertz CT molecular complexity index is 1040. The van der Waals surface area contributed by atoms with Crippen LogP contribution >= 0.6 is 23.1 Å². The first kappa shape index (κ1) is 23.0. The van der Waals surface area contributed by atoms with Gasteiger partial charge in [-0.1, -0.05) is 30.0 Å². The maximum atomic E-state index is 12.6. The number of hydrogen-bond acceptors (Lipinski definition) is 7. The number of carbonyl (C=O) groups is 2. The van der Waals surface area contributed by atoms with Gasteiger partial charge in [-0.2, -0.15) is 0 Å². The van der Waals surface area contributed by atoms with Crippen LogP contribution in [0.5, 0.6) is 0 Å². The van der Waals surface area contributed by atoms with E-state index >= 15 is 0 Å². The third-order valence-corrected chi connectivity index (χ3v) is 6.81. The number of amides is 2. The van der Waals surface area contributed by atoms with Crippen molar-refractivity contribution in [1.29, 1.82) is 0 Å². The topological polar surface area (TPSA) is 102 Å². The molecule has 2 N–H and O–H groups in total. The summed E-state index contributed by atoms with van der Waals surface area (Å²) in [5.74, 6) is 0.333. The summed E-state index contributed by atoms with van der Waals surface area (Å²) < 4.78 is 1.92. The Balaban J connectivity index is 1.67. The van der Waals surface area contributed by atoms with E-state index in [1.165, 1.54) is 23.1 Å². The van der Waals surface area contributed by atoms with Crippen molar-refractivity contribution in [3.63, 3.8) is 0 Å². The highest BCUT2D eigenvalue weighted by Gasteiger charge is 2.23. The molecule has 0 aliphatic heterocycles. The maximum Gasteiger partial charge on any atom is 0.251 e. The van der Waals surface area contributed by atoms with Crippen LogP contribution in [0.2, 0.25) is 0 Å². The molecule has 164 valence electrons. The number of rotatable bonds is 8. The molecule has 31 heavy (non-hydrogen) atoms. The molecule has 0 saturated heterocycles. The molecule has 3 aromatic rings. The molecule has 0 bridgehead atoms. The number of benzene rings is 1. The van der Waals surface area contributed by atoms with Crippen LogP contribution in [-0.2, 0) is 11.3 Å². The lowest BCUT2D eigenvalue weighted by Gasteiger charge is -2.16. The van der Waals surface area contributed by atoms with E-state index in [0.717, 1.165) is 10.6 Å². The van der Waals surface area contributed by atoms with Gasteiger partial charge in [0.05, 0.1) is 17.0 Å². The summed E-state index contributed by atoms with van der Waals surface area (Å²) >= 11 is 2.79. The fourth-order valence-corrected chi connectivity index (χ4v) is 4.62. The molecule has 0 aliphatic rings. The Labute approximate surface area is 189 Å². The summed E-state index contributed by atoms with van der Waals surface area (Å²) in [6.07, 6.45) is 0. The third kappa shape index (κ3) is 5.50. The minimum atomic E-state index is -0.388. The van der Waals surface area contributed by atoms with E-state index in [0.29, 0.717) is 28.2 Å². The first-order valence-electron chi connectivity index (χ1n) is 10.0. The van der Waals surface area contributed by atoms with Crippen LogP contribution in [-0.4, -0.2) is 36.8 Å². The van der Waals surface area contributed by atoms with Crippen molar-refractivity contribution in [2.24, 2.45) is 0 Å². The first-order valence-corrected chi connectivity index (χ1v) is 11.7. The number of nitrogens with one attached hydrogen (secondary N) is 2. The summed E-state index contributed by atoms with van der Waals surface area (Å²) in [6, 6.07) is 8.71. The van der Waals surface area contributed by atoms with Gasteiger partial charge in [-0.05, 0) is 46.8 Å². The molecule has 2 atom stereocenters. The number of thioether (sulfide) groups is 1. The molecule has 2 amide bonds. The average Bonchev–Trinajstić information content (AvgIpc) is 3.30. The van der Waals surface area contributed by atoms with Gasteiger partial charge in [0.25, 0.3) is 5.91 Å². The number of thiazole rings is 1. The van der Waals surface area contributed by atoms with E-state index < -0.39 is 0 Å². The van der Waals surface area contributed by atoms with E-state index in [1.807, 2.05) is 57.4 Å². The van der Waals surface area contributed by atoms with Gasteiger partial charge in [0, 0.05) is 17.0 Å². The molecule has 1 aromatic carbocycles. The molecule has 0 unspecified atom stereocenters. The molecule has 0 fully saturated rings. The second kappa shape index (κ2) is 10.1. The van der Waals surface area contributed by atoms with Crippen molar-refractivity contribution in [1.82, 2.24) is 25.1 Å². The summed E-state index contributed by atoms with van der Waals surface area (Å²) in [6.45, 7) is 10.2. The summed E-state index contributed by atoms with van der Waals surface area (Å²) in [7, 11) is 0. The predicted molar refractivity (Wildman–Crippen MR) is 124 cm³/mol. The van der Waals surface area contributed by atoms with Crippen LogP contribution in [0.15, 0.2) is 35.5 Å². The molecule has 3 rings (SSSR count). The molecular weight excluding hydrogens is 432 g/mol. The fourth-order valence-electron chi connectivity index (χ4n) is 2.88. The number of anilines is 1. The fraction of sp³-hybridized carbons (Fsp3) is 0.381. The standard InChI is InChI=1S/C21H26N6O2S2/c1-6-27-17(13(3)22-19(29)16-10-8-7-9-11-16)25-26-21(27)31-15(5)18(28)24-20-23-12(2)14(4)30-20/h7-11,13,15H,6H2,1-5H3,(H,22,29)(H,23,24,28)/t13-,15+/m0/s1. The zero-order valence-electron chi connectivity index (χ0n) is 18.2. The molecule has 2 heterocycles. The van der Waals surface area contributed by atoms with E-state index in [-0.39, 0.29) is 23.1 Å². The highest BCUT2D eigenvalue weighted by atomic mass is 32.2. The zero-order valence-corrected chi connectivity index (χ0v) is 19.8. The summed E-state index contributed by atoms with van der Waals surface area (Å²) in [5, 5.41) is 15.2. The second-order valence-electron chi connectivity index (χ2n) is 7.06. The molecule has 2 aromatic heterocycles. The Hall–Kier alpha value is -2.72. The van der Waals surface area contributed by atoms with Crippen molar-refractivity contribution >= 4 is 40.0 Å². The molecule has 0 saturated carbocycles. The van der Waals surface area contributed by atoms with Crippen molar-refractivity contribution in [3.05, 3.63) is 52.3 Å². The molecule has 0 spiro atoms. The SMILES string of the molecule is CCn1c(S[C@H](C)C(=O)Nc2nc(C)c(C)s2)nnc1[C@H](C)NC(=O)c1ccccc1. The monoisotopic (exact) mass is 458 g/mol. The minimum Gasteiger partial charge on any atom is -0.342 e. The lowest BCUT2D eigenvalue weighted by molar-refractivity contribution is -0.115. The smallest absolute Gasteiger partial charge is 0.251 e. The normalized spacial score (nSPS) is 12.9. The van der Waals surface area contributed by atoms with Gasteiger partial charge in [-0.25, -0.2) is 4.98 Å². The van der Waals surface area contributed by atoms with Gasteiger partial charge in [0.15, 0.2) is 16.1 Å². The number of nitrogens with zero attached hydrogens (tertiary/aromatic N) is 4. The van der Waals surface area contributed by atoms with Crippen molar-refractivity contribution in [2.45, 2.75) is 57.6 Å². The molecule has 0 aliphatic carbocycles. The number of carbonyl (C=O) groups excluding carboxylic acids is 2. The van der Waals surface area contributed by atoms with Crippen molar-refractivity contribution in [2.75, 3.05) is 5.32 Å². The Morgan fingerprint density at radius 1 is 1.16 bits per heavy atom. The predicted octanol–water partition coefficient (Wildman–Crippen LogP) is 3.98. The first-order chi connectivity index (χ1) is 14.8.